The zero-order valence-electron chi connectivity index (χ0n) is 18.7. The third kappa shape index (κ3) is 7.06. The van der Waals surface area contributed by atoms with Crippen LogP contribution in [0.5, 0.6) is 11.5 Å². The summed E-state index contributed by atoms with van der Waals surface area (Å²) in [7, 11) is -2.05. The van der Waals surface area contributed by atoms with E-state index in [1.165, 1.54) is 24.3 Å². The van der Waals surface area contributed by atoms with Crippen LogP contribution in [0.4, 0.5) is 0 Å². The minimum Gasteiger partial charge on any atom is -0.496 e. The molecule has 0 radical (unpaired) electrons. The van der Waals surface area contributed by atoms with Crippen molar-refractivity contribution in [1.82, 2.24) is 10.0 Å². The minimum absolute atomic E-state index is 0.136. The maximum atomic E-state index is 12.5. The Bertz CT molecular complexity index is 1150. The molecule has 0 saturated carbocycles. The number of para-hydroxylation sites is 1. The summed E-state index contributed by atoms with van der Waals surface area (Å²) in [6.45, 7) is 1.97. The summed E-state index contributed by atoms with van der Waals surface area (Å²) in [6.07, 6.45) is 0.601. The molecule has 174 valence electrons. The van der Waals surface area contributed by atoms with Crippen molar-refractivity contribution in [3.8, 4) is 11.5 Å². The molecule has 0 unspecified atom stereocenters. The van der Waals surface area contributed by atoms with Crippen molar-refractivity contribution in [2.24, 2.45) is 0 Å². The summed E-state index contributed by atoms with van der Waals surface area (Å²) in [4.78, 5) is 12.4. The van der Waals surface area contributed by atoms with Gasteiger partial charge in [0.25, 0.3) is 5.91 Å². The highest BCUT2D eigenvalue weighted by molar-refractivity contribution is 7.89. The first-order valence-electron chi connectivity index (χ1n) is 10.6. The van der Waals surface area contributed by atoms with Crippen LogP contribution in [0.15, 0.2) is 83.8 Å². The molecular weight excluding hydrogens is 440 g/mol. The van der Waals surface area contributed by atoms with Gasteiger partial charge in [0.05, 0.1) is 18.0 Å². The van der Waals surface area contributed by atoms with E-state index in [0.29, 0.717) is 24.5 Å². The molecule has 8 heteroatoms. The Morgan fingerprint density at radius 2 is 1.61 bits per heavy atom. The van der Waals surface area contributed by atoms with Crippen LogP contribution in [0.2, 0.25) is 0 Å². The van der Waals surface area contributed by atoms with Gasteiger partial charge < -0.3 is 14.8 Å². The number of sulfonamides is 1. The molecule has 1 atom stereocenters. The van der Waals surface area contributed by atoms with Gasteiger partial charge in [-0.3, -0.25) is 4.79 Å². The summed E-state index contributed by atoms with van der Waals surface area (Å²) in [5.41, 5.74) is 1.92. The third-order valence-corrected chi connectivity index (χ3v) is 6.51. The molecule has 0 aliphatic heterocycles. The van der Waals surface area contributed by atoms with Crippen molar-refractivity contribution < 1.29 is 22.7 Å². The summed E-state index contributed by atoms with van der Waals surface area (Å²) in [5.74, 6) is 0.798. The molecule has 2 N–H and O–H groups in total. The van der Waals surface area contributed by atoms with Gasteiger partial charge in [0.1, 0.15) is 11.5 Å². The molecule has 3 aromatic rings. The molecule has 0 heterocycles. The van der Waals surface area contributed by atoms with Crippen molar-refractivity contribution in [3.05, 3.63) is 90.0 Å². The lowest BCUT2D eigenvalue weighted by Crippen LogP contribution is -2.31. The second-order valence-corrected chi connectivity index (χ2v) is 9.19. The van der Waals surface area contributed by atoms with Crippen molar-refractivity contribution in [2.45, 2.75) is 24.3 Å². The summed E-state index contributed by atoms with van der Waals surface area (Å²) >= 11 is 0. The lowest BCUT2D eigenvalue weighted by molar-refractivity contribution is -0.123. The van der Waals surface area contributed by atoms with Crippen LogP contribution in [-0.2, 0) is 21.2 Å². The van der Waals surface area contributed by atoms with E-state index in [0.717, 1.165) is 11.1 Å². The number of hydrogen-bond donors (Lipinski definition) is 2. The highest BCUT2D eigenvalue weighted by atomic mass is 32.2. The number of carbonyl (C=O) groups excluding carboxylic acids is 1. The molecule has 0 aliphatic carbocycles. The van der Waals surface area contributed by atoms with Crippen molar-refractivity contribution in [1.29, 1.82) is 0 Å². The SMILES string of the molecule is COc1ccccc1[C@@H](C)NC(=O)COc1ccc(S(=O)(=O)NCCc2ccccc2)cc1. The molecule has 0 fully saturated rings. The van der Waals surface area contributed by atoms with Gasteiger partial charge in [-0.15, -0.1) is 0 Å². The number of benzene rings is 3. The van der Waals surface area contributed by atoms with Crippen molar-refractivity contribution >= 4 is 15.9 Å². The van der Waals surface area contributed by atoms with Gasteiger partial charge in [0.15, 0.2) is 6.61 Å². The predicted molar refractivity (Wildman–Crippen MR) is 127 cm³/mol. The lowest BCUT2D eigenvalue weighted by Gasteiger charge is -2.17. The number of methoxy groups -OCH3 is 1. The van der Waals surface area contributed by atoms with Gasteiger partial charge in [-0.1, -0.05) is 48.5 Å². The number of ether oxygens (including phenoxy) is 2. The first-order chi connectivity index (χ1) is 15.9. The average Bonchev–Trinajstić information content (AvgIpc) is 2.83. The van der Waals surface area contributed by atoms with E-state index in [9.17, 15) is 13.2 Å². The molecule has 0 aliphatic rings. The lowest BCUT2D eigenvalue weighted by atomic mass is 10.1. The number of hydrogen-bond acceptors (Lipinski definition) is 5. The predicted octanol–water partition coefficient (Wildman–Crippen LogP) is 3.47. The Morgan fingerprint density at radius 3 is 2.30 bits per heavy atom. The average molecular weight is 469 g/mol. The van der Waals surface area contributed by atoms with Crippen LogP contribution in [0, 0.1) is 0 Å². The van der Waals surface area contributed by atoms with E-state index in [1.54, 1.807) is 7.11 Å². The Hall–Kier alpha value is -3.36. The first kappa shape index (κ1) is 24.3. The monoisotopic (exact) mass is 468 g/mol. The van der Waals surface area contributed by atoms with Gasteiger partial charge in [0, 0.05) is 12.1 Å². The maximum absolute atomic E-state index is 12.5. The van der Waals surface area contributed by atoms with Crippen LogP contribution in [0.25, 0.3) is 0 Å². The number of nitrogens with one attached hydrogen (secondary N) is 2. The zero-order chi connectivity index (χ0) is 23.7. The van der Waals surface area contributed by atoms with E-state index in [-0.39, 0.29) is 23.5 Å². The van der Waals surface area contributed by atoms with E-state index in [4.69, 9.17) is 9.47 Å². The number of amides is 1. The molecule has 1 amide bonds. The topological polar surface area (TPSA) is 93.7 Å². The second kappa shape index (κ2) is 11.5. The molecule has 3 aromatic carbocycles. The van der Waals surface area contributed by atoms with Crippen molar-refractivity contribution in [2.75, 3.05) is 20.3 Å². The molecule has 0 saturated heterocycles. The van der Waals surface area contributed by atoms with Crippen LogP contribution >= 0.6 is 0 Å². The number of carbonyl (C=O) groups is 1. The maximum Gasteiger partial charge on any atom is 0.258 e. The zero-order valence-corrected chi connectivity index (χ0v) is 19.5. The smallest absolute Gasteiger partial charge is 0.258 e. The standard InChI is InChI=1S/C25H28N2O5S/c1-19(23-10-6-7-11-24(23)31-2)27-25(28)18-32-21-12-14-22(15-13-21)33(29,30)26-17-16-20-8-4-3-5-9-20/h3-15,19,26H,16-18H2,1-2H3,(H,27,28)/t19-/m1/s1. The van der Waals surface area contributed by atoms with Gasteiger partial charge in [0.2, 0.25) is 10.0 Å². The molecule has 3 rings (SSSR count). The normalized spacial score (nSPS) is 12.1. The highest BCUT2D eigenvalue weighted by Crippen LogP contribution is 2.24. The van der Waals surface area contributed by atoms with Gasteiger partial charge in [-0.2, -0.15) is 0 Å². The van der Waals surface area contributed by atoms with E-state index in [2.05, 4.69) is 10.0 Å². The molecule has 0 spiro atoms. The van der Waals surface area contributed by atoms with Gasteiger partial charge >= 0.3 is 0 Å². The van der Waals surface area contributed by atoms with Gasteiger partial charge in [-0.25, -0.2) is 13.1 Å². The molecular formula is C25H28N2O5S. The fourth-order valence-corrected chi connectivity index (χ4v) is 4.34. The fourth-order valence-electron chi connectivity index (χ4n) is 3.31. The van der Waals surface area contributed by atoms with E-state index < -0.39 is 10.0 Å². The first-order valence-corrected chi connectivity index (χ1v) is 12.1. The molecule has 0 bridgehead atoms. The van der Waals surface area contributed by atoms with Crippen LogP contribution in [-0.4, -0.2) is 34.6 Å². The quantitative estimate of drug-likeness (QED) is 0.449. The second-order valence-electron chi connectivity index (χ2n) is 7.42. The van der Waals surface area contributed by atoms with Crippen LogP contribution < -0.4 is 19.5 Å². The van der Waals surface area contributed by atoms with Crippen LogP contribution in [0.1, 0.15) is 24.1 Å². The fraction of sp³-hybridized carbons (Fsp3) is 0.240. The Labute approximate surface area is 194 Å². The molecule has 33 heavy (non-hydrogen) atoms. The minimum atomic E-state index is -3.63. The molecule has 0 aromatic heterocycles. The van der Waals surface area contributed by atoms with E-state index in [1.807, 2.05) is 61.5 Å². The van der Waals surface area contributed by atoms with E-state index >= 15 is 0 Å². The summed E-state index contributed by atoms with van der Waals surface area (Å²) < 4.78 is 38.4. The highest BCUT2D eigenvalue weighted by Gasteiger charge is 2.15. The van der Waals surface area contributed by atoms with Crippen LogP contribution in [0.3, 0.4) is 0 Å². The Morgan fingerprint density at radius 1 is 0.939 bits per heavy atom. The van der Waals surface area contributed by atoms with Gasteiger partial charge in [-0.05, 0) is 49.2 Å². The molecule has 7 nitrogen and oxygen atoms in total. The Kier molecular flexibility index (Phi) is 8.46. The number of rotatable bonds is 11. The van der Waals surface area contributed by atoms with Crippen molar-refractivity contribution in [3.63, 3.8) is 0 Å². The summed E-state index contributed by atoms with van der Waals surface area (Å²) in [6, 6.07) is 22.8. The summed E-state index contributed by atoms with van der Waals surface area (Å²) in [5, 5.41) is 2.86. The third-order valence-electron chi connectivity index (χ3n) is 5.04. The largest absolute Gasteiger partial charge is 0.496 e. The Balaban J connectivity index is 1.49.